The number of rotatable bonds is 8. The van der Waals surface area contributed by atoms with Crippen LogP contribution < -0.4 is 9.62 Å². The van der Waals surface area contributed by atoms with E-state index in [0.717, 1.165) is 5.56 Å². The molecule has 3 aromatic carbocycles. The van der Waals surface area contributed by atoms with E-state index in [2.05, 4.69) is 5.32 Å². The first-order chi connectivity index (χ1) is 14.8. The molecule has 0 aliphatic carbocycles. The Balaban J connectivity index is 2.09. The van der Waals surface area contributed by atoms with Gasteiger partial charge in [-0.2, -0.15) is 0 Å². The third-order valence-electron chi connectivity index (χ3n) is 5.28. The molecule has 0 saturated heterocycles. The average Bonchev–Trinajstić information content (AvgIpc) is 2.78. The quantitative estimate of drug-likeness (QED) is 0.549. The fourth-order valence-corrected chi connectivity index (χ4v) is 4.60. The van der Waals surface area contributed by atoms with Gasteiger partial charge in [-0.1, -0.05) is 74.5 Å². The molecule has 1 amide bonds. The van der Waals surface area contributed by atoms with Gasteiger partial charge in [0.1, 0.15) is 0 Å². The number of carbonyl (C=O) groups is 1. The number of hydrogen-bond acceptors (Lipinski definition) is 3. The maximum absolute atomic E-state index is 13.6. The summed E-state index contributed by atoms with van der Waals surface area (Å²) in [6.45, 7) is 6.10. The van der Waals surface area contributed by atoms with Crippen molar-refractivity contribution in [1.29, 1.82) is 0 Å². The molecule has 3 aromatic rings. The number of nitrogens with zero attached hydrogens (tertiary/aromatic N) is 1. The average molecular weight is 437 g/mol. The van der Waals surface area contributed by atoms with Gasteiger partial charge in [0.15, 0.2) is 0 Å². The number of sulfonamides is 1. The number of hydrogen-bond donors (Lipinski definition) is 1. The molecule has 1 N–H and O–H groups in total. The van der Waals surface area contributed by atoms with E-state index >= 15 is 0 Å². The zero-order chi connectivity index (χ0) is 22.4. The highest BCUT2D eigenvalue weighted by molar-refractivity contribution is 7.92. The Morgan fingerprint density at radius 3 is 2.00 bits per heavy atom. The maximum Gasteiger partial charge on any atom is 0.264 e. The van der Waals surface area contributed by atoms with Crippen LogP contribution in [0.4, 0.5) is 5.69 Å². The largest absolute Gasteiger partial charge is 0.349 e. The summed E-state index contributed by atoms with van der Waals surface area (Å²) in [5.41, 5.74) is 1.50. The fraction of sp³-hybridized carbons (Fsp3) is 0.240. The highest BCUT2D eigenvalue weighted by atomic mass is 32.2. The van der Waals surface area contributed by atoms with E-state index in [4.69, 9.17) is 0 Å². The number of amides is 1. The lowest BCUT2D eigenvalue weighted by Crippen LogP contribution is -2.38. The smallest absolute Gasteiger partial charge is 0.264 e. The summed E-state index contributed by atoms with van der Waals surface area (Å²) in [4.78, 5) is 13.2. The molecule has 1 unspecified atom stereocenters. The highest BCUT2D eigenvalue weighted by Gasteiger charge is 2.28. The Bertz CT molecular complexity index is 1110. The van der Waals surface area contributed by atoms with Crippen molar-refractivity contribution in [2.45, 2.75) is 38.3 Å². The summed E-state index contributed by atoms with van der Waals surface area (Å²) in [5.74, 6) is -0.0392. The Morgan fingerprint density at radius 2 is 1.39 bits per heavy atom. The van der Waals surface area contributed by atoms with Gasteiger partial charge >= 0.3 is 0 Å². The molecule has 0 bridgehead atoms. The molecule has 0 radical (unpaired) electrons. The van der Waals surface area contributed by atoms with E-state index in [1.807, 2.05) is 51.1 Å². The number of carbonyl (C=O) groups excluding carboxylic acids is 1. The monoisotopic (exact) mass is 436 g/mol. The lowest BCUT2D eigenvalue weighted by atomic mass is 10.1. The van der Waals surface area contributed by atoms with Gasteiger partial charge in [-0.15, -0.1) is 0 Å². The minimum atomic E-state index is -3.90. The topological polar surface area (TPSA) is 66.5 Å². The minimum absolute atomic E-state index is 0.0474. The van der Waals surface area contributed by atoms with Crippen molar-refractivity contribution in [1.82, 2.24) is 5.32 Å². The molecule has 3 rings (SSSR count). The third-order valence-corrected chi connectivity index (χ3v) is 7.05. The van der Waals surface area contributed by atoms with Crippen LogP contribution in [-0.2, 0) is 16.6 Å². The van der Waals surface area contributed by atoms with Gasteiger partial charge in [0.2, 0.25) is 0 Å². The molecule has 0 saturated carbocycles. The van der Waals surface area contributed by atoms with Crippen LogP contribution in [0.5, 0.6) is 0 Å². The number of anilines is 1. The van der Waals surface area contributed by atoms with Gasteiger partial charge in [-0.25, -0.2) is 8.42 Å². The molecule has 31 heavy (non-hydrogen) atoms. The standard InChI is InChI=1S/C25H28N2O3S/c1-19(2)20(3)26-25(28)23-16-10-11-17-24(23)27(18-21-12-6-4-7-13-21)31(29,30)22-14-8-5-9-15-22/h4-17,19-20H,18H2,1-3H3,(H,26,28). The maximum atomic E-state index is 13.6. The second-order valence-electron chi connectivity index (χ2n) is 7.83. The van der Waals surface area contributed by atoms with Gasteiger partial charge in [-0.05, 0) is 42.7 Å². The van der Waals surface area contributed by atoms with Crippen LogP contribution in [0.1, 0.15) is 36.7 Å². The van der Waals surface area contributed by atoms with Gasteiger partial charge in [0.05, 0.1) is 22.7 Å². The van der Waals surface area contributed by atoms with Crippen molar-refractivity contribution in [3.05, 3.63) is 96.1 Å². The lowest BCUT2D eigenvalue weighted by Gasteiger charge is -2.27. The van der Waals surface area contributed by atoms with Crippen molar-refractivity contribution in [2.75, 3.05) is 4.31 Å². The van der Waals surface area contributed by atoms with E-state index in [-0.39, 0.29) is 29.3 Å². The summed E-state index contributed by atoms with van der Waals surface area (Å²) in [7, 11) is -3.90. The van der Waals surface area contributed by atoms with E-state index in [1.165, 1.54) is 4.31 Å². The predicted octanol–water partition coefficient (Wildman–Crippen LogP) is 4.86. The van der Waals surface area contributed by atoms with Crippen molar-refractivity contribution in [2.24, 2.45) is 5.92 Å². The number of para-hydroxylation sites is 1. The van der Waals surface area contributed by atoms with Crippen LogP contribution >= 0.6 is 0 Å². The van der Waals surface area contributed by atoms with Crippen molar-refractivity contribution in [3.63, 3.8) is 0 Å². The Morgan fingerprint density at radius 1 is 0.839 bits per heavy atom. The Hall–Kier alpha value is -3.12. The molecule has 162 valence electrons. The summed E-state index contributed by atoms with van der Waals surface area (Å²) in [6, 6.07) is 24.4. The normalized spacial score (nSPS) is 12.4. The summed E-state index contributed by atoms with van der Waals surface area (Å²) >= 11 is 0. The van der Waals surface area contributed by atoms with Crippen LogP contribution in [0.2, 0.25) is 0 Å². The van der Waals surface area contributed by atoms with Crippen LogP contribution in [0.3, 0.4) is 0 Å². The van der Waals surface area contributed by atoms with Crippen molar-refractivity contribution < 1.29 is 13.2 Å². The molecule has 0 aromatic heterocycles. The predicted molar refractivity (Wildman–Crippen MR) is 124 cm³/mol. The second kappa shape index (κ2) is 9.79. The summed E-state index contributed by atoms with van der Waals surface area (Å²) in [5, 5.41) is 2.99. The van der Waals surface area contributed by atoms with Crippen LogP contribution in [-0.4, -0.2) is 20.4 Å². The Labute approximate surface area is 184 Å². The van der Waals surface area contributed by atoms with Gasteiger partial charge in [0, 0.05) is 6.04 Å². The van der Waals surface area contributed by atoms with Gasteiger partial charge < -0.3 is 5.32 Å². The number of benzene rings is 3. The second-order valence-corrected chi connectivity index (χ2v) is 9.70. The molecule has 0 spiro atoms. The first kappa shape index (κ1) is 22.6. The molecule has 1 atom stereocenters. The zero-order valence-electron chi connectivity index (χ0n) is 18.0. The van der Waals surface area contributed by atoms with Crippen LogP contribution in [0.25, 0.3) is 0 Å². The van der Waals surface area contributed by atoms with Crippen molar-refractivity contribution in [3.8, 4) is 0 Å². The Kier molecular flexibility index (Phi) is 7.13. The molecule has 0 aliphatic heterocycles. The van der Waals surface area contributed by atoms with Crippen LogP contribution in [0, 0.1) is 5.92 Å². The number of nitrogens with one attached hydrogen (secondary N) is 1. The highest BCUT2D eigenvalue weighted by Crippen LogP contribution is 2.29. The van der Waals surface area contributed by atoms with Gasteiger partial charge in [0.25, 0.3) is 15.9 Å². The first-order valence-corrected chi connectivity index (χ1v) is 11.8. The SMILES string of the molecule is CC(C)C(C)NC(=O)c1ccccc1N(Cc1ccccc1)S(=O)(=O)c1ccccc1. The summed E-state index contributed by atoms with van der Waals surface area (Å²) < 4.78 is 28.6. The molecule has 0 heterocycles. The van der Waals surface area contributed by atoms with Crippen molar-refractivity contribution >= 4 is 21.6 Å². The van der Waals surface area contributed by atoms with E-state index in [1.54, 1.807) is 54.6 Å². The lowest BCUT2D eigenvalue weighted by molar-refractivity contribution is 0.0931. The molecule has 5 nitrogen and oxygen atoms in total. The molecule has 0 aliphatic rings. The van der Waals surface area contributed by atoms with E-state index < -0.39 is 10.0 Å². The van der Waals surface area contributed by atoms with E-state index in [9.17, 15) is 13.2 Å². The molecule has 0 fully saturated rings. The van der Waals surface area contributed by atoms with Crippen LogP contribution in [0.15, 0.2) is 89.8 Å². The molecule has 6 heteroatoms. The summed E-state index contributed by atoms with van der Waals surface area (Å²) in [6.07, 6.45) is 0. The zero-order valence-corrected chi connectivity index (χ0v) is 18.8. The fourth-order valence-electron chi connectivity index (χ4n) is 3.10. The first-order valence-electron chi connectivity index (χ1n) is 10.3. The molecular weight excluding hydrogens is 408 g/mol. The van der Waals surface area contributed by atoms with E-state index in [0.29, 0.717) is 11.3 Å². The third kappa shape index (κ3) is 5.33. The van der Waals surface area contributed by atoms with Gasteiger partial charge in [-0.3, -0.25) is 9.10 Å². The minimum Gasteiger partial charge on any atom is -0.349 e. The molecular formula is C25H28N2O3S.